The van der Waals surface area contributed by atoms with E-state index in [1.165, 1.54) is 4.57 Å². The van der Waals surface area contributed by atoms with Gasteiger partial charge in [-0.25, -0.2) is 4.98 Å². The number of halogens is 1. The van der Waals surface area contributed by atoms with Gasteiger partial charge in [0.15, 0.2) is 0 Å². The number of para-hydroxylation sites is 1. The molecular weight excluding hydrogens is 398 g/mol. The molecule has 4 rings (SSSR count). The van der Waals surface area contributed by atoms with E-state index < -0.39 is 0 Å². The summed E-state index contributed by atoms with van der Waals surface area (Å²) in [7, 11) is 0. The number of carbonyl (C=O) groups is 1. The predicted molar refractivity (Wildman–Crippen MR) is 121 cm³/mol. The zero-order chi connectivity index (χ0) is 21.3. The Labute approximate surface area is 179 Å². The van der Waals surface area contributed by atoms with Gasteiger partial charge in [0, 0.05) is 0 Å². The van der Waals surface area contributed by atoms with Crippen LogP contribution in [0.25, 0.3) is 16.6 Å². The average Bonchev–Trinajstić information content (AvgIpc) is 2.70. The molecule has 0 unspecified atom stereocenters. The zero-order valence-corrected chi connectivity index (χ0v) is 17.4. The first-order valence-electron chi connectivity index (χ1n) is 9.56. The average molecular weight is 418 g/mol. The maximum Gasteiger partial charge on any atom is 0.265 e. The number of benzene rings is 3. The molecular formula is C24H20ClN3O2. The van der Waals surface area contributed by atoms with Gasteiger partial charge < -0.3 is 5.32 Å². The smallest absolute Gasteiger partial charge is 0.265 e. The molecule has 0 aliphatic carbocycles. The molecule has 0 radical (unpaired) electrons. The van der Waals surface area contributed by atoms with Crippen molar-refractivity contribution in [2.75, 3.05) is 5.32 Å². The van der Waals surface area contributed by atoms with Gasteiger partial charge in [-0.05, 0) is 49.7 Å². The quantitative estimate of drug-likeness (QED) is 0.517. The van der Waals surface area contributed by atoms with Crippen molar-refractivity contribution < 1.29 is 4.79 Å². The predicted octanol–water partition coefficient (Wildman–Crippen LogP) is 4.84. The molecule has 0 fully saturated rings. The molecule has 6 heteroatoms. The second-order valence-electron chi connectivity index (χ2n) is 7.19. The maximum atomic E-state index is 13.0. The van der Waals surface area contributed by atoms with E-state index in [4.69, 9.17) is 11.6 Å². The van der Waals surface area contributed by atoms with Gasteiger partial charge in [0.25, 0.3) is 5.56 Å². The Morgan fingerprint density at radius 3 is 2.63 bits per heavy atom. The lowest BCUT2D eigenvalue weighted by Gasteiger charge is -2.14. The van der Waals surface area contributed by atoms with Crippen LogP contribution >= 0.6 is 11.6 Å². The van der Waals surface area contributed by atoms with Crippen LogP contribution in [0.4, 0.5) is 5.69 Å². The van der Waals surface area contributed by atoms with Crippen LogP contribution in [-0.4, -0.2) is 15.5 Å². The fourth-order valence-corrected chi connectivity index (χ4v) is 3.66. The highest BCUT2D eigenvalue weighted by Crippen LogP contribution is 2.25. The number of fused-ring (bicyclic) bond motifs is 1. The van der Waals surface area contributed by atoms with Crippen LogP contribution in [0, 0.1) is 13.8 Å². The molecule has 0 bridgehead atoms. The molecule has 150 valence electrons. The molecule has 1 aromatic heterocycles. The molecule has 0 atom stereocenters. The minimum Gasteiger partial charge on any atom is -0.324 e. The molecule has 0 saturated carbocycles. The normalized spacial score (nSPS) is 10.9. The molecule has 3 aromatic carbocycles. The summed E-state index contributed by atoms with van der Waals surface area (Å²) in [6, 6.07) is 20.1. The number of aryl methyl sites for hydroxylation is 2. The van der Waals surface area contributed by atoms with Crippen molar-refractivity contribution in [2.24, 2.45) is 0 Å². The van der Waals surface area contributed by atoms with Crippen LogP contribution in [0.5, 0.6) is 0 Å². The van der Waals surface area contributed by atoms with E-state index in [-0.39, 0.29) is 17.9 Å². The molecule has 0 aliphatic heterocycles. The molecule has 0 saturated heterocycles. The molecule has 1 N–H and O–H groups in total. The van der Waals surface area contributed by atoms with Crippen LogP contribution in [-0.2, 0) is 11.2 Å². The summed E-state index contributed by atoms with van der Waals surface area (Å²) in [6.07, 6.45) is 0.235. The Bertz CT molecular complexity index is 1330. The van der Waals surface area contributed by atoms with Gasteiger partial charge in [0.1, 0.15) is 5.82 Å². The van der Waals surface area contributed by atoms with Gasteiger partial charge in [-0.2, -0.15) is 0 Å². The fourth-order valence-electron chi connectivity index (χ4n) is 3.50. The third kappa shape index (κ3) is 3.98. The first kappa shape index (κ1) is 19.9. The van der Waals surface area contributed by atoms with Gasteiger partial charge in [0.2, 0.25) is 5.91 Å². The molecule has 0 spiro atoms. The second kappa shape index (κ2) is 8.13. The van der Waals surface area contributed by atoms with Crippen molar-refractivity contribution in [2.45, 2.75) is 20.3 Å². The summed E-state index contributed by atoms with van der Waals surface area (Å²) in [5, 5.41) is 3.79. The minimum absolute atomic E-state index is 0.169. The van der Waals surface area contributed by atoms with Crippen LogP contribution in [0.15, 0.2) is 71.5 Å². The summed E-state index contributed by atoms with van der Waals surface area (Å²) in [5.74, 6) is 0.374. The van der Waals surface area contributed by atoms with E-state index in [0.717, 1.165) is 11.1 Å². The van der Waals surface area contributed by atoms with Crippen molar-refractivity contribution in [3.63, 3.8) is 0 Å². The Kier molecular flexibility index (Phi) is 5.38. The highest BCUT2D eigenvalue weighted by molar-refractivity contribution is 6.33. The van der Waals surface area contributed by atoms with Crippen molar-refractivity contribution >= 4 is 34.1 Å². The van der Waals surface area contributed by atoms with Crippen LogP contribution < -0.4 is 10.9 Å². The number of nitrogens with zero attached hydrogens (tertiary/aromatic N) is 2. The Morgan fingerprint density at radius 2 is 1.83 bits per heavy atom. The third-order valence-corrected chi connectivity index (χ3v) is 5.20. The van der Waals surface area contributed by atoms with E-state index >= 15 is 0 Å². The van der Waals surface area contributed by atoms with Crippen molar-refractivity contribution in [3.8, 4) is 5.69 Å². The Balaban J connectivity index is 1.68. The molecule has 4 aromatic rings. The number of nitrogens with one attached hydrogen (secondary N) is 1. The third-order valence-electron chi connectivity index (χ3n) is 4.87. The molecule has 5 nitrogen and oxygen atoms in total. The molecule has 30 heavy (non-hydrogen) atoms. The topological polar surface area (TPSA) is 64.0 Å². The van der Waals surface area contributed by atoms with Crippen LogP contribution in [0.2, 0.25) is 5.02 Å². The number of hydrogen-bond donors (Lipinski definition) is 1. The van der Waals surface area contributed by atoms with Crippen molar-refractivity contribution in [3.05, 3.63) is 99.1 Å². The SMILES string of the molecule is Cc1cccc(CC(=O)Nc2cc(-n3c(C)nc4ccccc4c3=O)ccc2Cl)c1. The van der Waals surface area contributed by atoms with Gasteiger partial charge in [-0.1, -0.05) is 53.6 Å². The van der Waals surface area contributed by atoms with Crippen molar-refractivity contribution in [1.82, 2.24) is 9.55 Å². The Hall–Kier alpha value is -3.44. The van der Waals surface area contributed by atoms with E-state index in [1.54, 1.807) is 31.2 Å². The van der Waals surface area contributed by atoms with Crippen molar-refractivity contribution in [1.29, 1.82) is 0 Å². The lowest BCUT2D eigenvalue weighted by atomic mass is 10.1. The highest BCUT2D eigenvalue weighted by atomic mass is 35.5. The lowest BCUT2D eigenvalue weighted by molar-refractivity contribution is -0.115. The minimum atomic E-state index is -0.180. The standard InChI is InChI=1S/C24H20ClN3O2/c1-15-6-5-7-17(12-15)13-23(29)27-22-14-18(10-11-20(22)25)28-16(2)26-21-9-4-3-8-19(21)24(28)30/h3-12,14H,13H2,1-2H3,(H,27,29). The second-order valence-corrected chi connectivity index (χ2v) is 7.60. The maximum absolute atomic E-state index is 13.0. The van der Waals surface area contributed by atoms with E-state index in [1.807, 2.05) is 49.4 Å². The number of rotatable bonds is 4. The first-order chi connectivity index (χ1) is 14.4. The largest absolute Gasteiger partial charge is 0.324 e. The molecule has 0 aliphatic rings. The van der Waals surface area contributed by atoms with Gasteiger partial charge >= 0.3 is 0 Å². The summed E-state index contributed by atoms with van der Waals surface area (Å²) in [4.78, 5) is 30.1. The number of hydrogen-bond acceptors (Lipinski definition) is 3. The van der Waals surface area contributed by atoms with Crippen LogP contribution in [0.3, 0.4) is 0 Å². The van der Waals surface area contributed by atoms with Gasteiger partial charge in [0.05, 0.1) is 33.7 Å². The number of aromatic nitrogens is 2. The van der Waals surface area contributed by atoms with E-state index in [0.29, 0.717) is 33.1 Å². The fraction of sp³-hybridized carbons (Fsp3) is 0.125. The lowest BCUT2D eigenvalue weighted by Crippen LogP contribution is -2.22. The molecule has 1 amide bonds. The van der Waals surface area contributed by atoms with Crippen LogP contribution in [0.1, 0.15) is 17.0 Å². The number of anilines is 1. The van der Waals surface area contributed by atoms with E-state index in [9.17, 15) is 9.59 Å². The monoisotopic (exact) mass is 417 g/mol. The summed E-state index contributed by atoms with van der Waals surface area (Å²) < 4.78 is 1.52. The first-order valence-corrected chi connectivity index (χ1v) is 9.94. The molecule has 1 heterocycles. The number of carbonyl (C=O) groups excluding carboxylic acids is 1. The number of amides is 1. The Morgan fingerprint density at radius 1 is 1.03 bits per heavy atom. The summed E-state index contributed by atoms with van der Waals surface area (Å²) >= 11 is 6.31. The summed E-state index contributed by atoms with van der Waals surface area (Å²) in [5.41, 5.74) is 3.54. The van der Waals surface area contributed by atoms with Gasteiger partial charge in [-0.3, -0.25) is 14.2 Å². The summed E-state index contributed by atoms with van der Waals surface area (Å²) in [6.45, 7) is 3.76. The zero-order valence-electron chi connectivity index (χ0n) is 16.6. The van der Waals surface area contributed by atoms with Gasteiger partial charge in [-0.15, -0.1) is 0 Å². The van der Waals surface area contributed by atoms with E-state index in [2.05, 4.69) is 10.3 Å². The highest BCUT2D eigenvalue weighted by Gasteiger charge is 2.13.